The highest BCUT2D eigenvalue weighted by molar-refractivity contribution is 8.05. The number of aliphatic imine (C=N–C) groups is 2. The molecular weight excluding hydrogens is 657 g/mol. The summed E-state index contributed by atoms with van der Waals surface area (Å²) in [5.41, 5.74) is 13.6. The molecule has 0 saturated heterocycles. The number of hydrogen-bond donors (Lipinski definition) is 0. The van der Waals surface area contributed by atoms with Crippen LogP contribution in [0.1, 0.15) is 11.1 Å². The quantitative estimate of drug-likeness (QED) is 0.160. The number of benzene rings is 7. The van der Waals surface area contributed by atoms with E-state index in [0.29, 0.717) is 0 Å². The van der Waals surface area contributed by atoms with Gasteiger partial charge in [0.05, 0.1) is 16.3 Å². The lowest BCUT2D eigenvalue weighted by molar-refractivity contribution is 1.39. The normalized spacial score (nSPS) is 14.3. The van der Waals surface area contributed by atoms with Gasteiger partial charge in [0, 0.05) is 48.8 Å². The maximum absolute atomic E-state index is 4.67. The van der Waals surface area contributed by atoms with E-state index < -0.39 is 0 Å². The molecular formula is C47H32N2S2. The van der Waals surface area contributed by atoms with Crippen molar-refractivity contribution in [3.8, 4) is 44.5 Å². The Hall–Kier alpha value is -5.81. The molecule has 0 aliphatic carbocycles. The van der Waals surface area contributed by atoms with Crippen LogP contribution in [0.15, 0.2) is 184 Å². The summed E-state index contributed by atoms with van der Waals surface area (Å²) >= 11 is 3.59. The van der Waals surface area contributed by atoms with Crippen molar-refractivity contribution >= 4 is 61.4 Å². The van der Waals surface area contributed by atoms with Gasteiger partial charge in [-0.25, -0.2) is 0 Å². The summed E-state index contributed by atoms with van der Waals surface area (Å²) in [5, 5.41) is 2.58. The lowest BCUT2D eigenvalue weighted by Crippen LogP contribution is -1.99. The molecule has 0 radical (unpaired) electrons. The molecule has 1 aromatic heterocycles. The van der Waals surface area contributed by atoms with Crippen molar-refractivity contribution in [2.75, 3.05) is 7.05 Å². The summed E-state index contributed by atoms with van der Waals surface area (Å²) in [5.74, 6) is 0. The topological polar surface area (TPSA) is 24.7 Å². The monoisotopic (exact) mass is 688 g/mol. The van der Waals surface area contributed by atoms with Gasteiger partial charge in [0.1, 0.15) is 0 Å². The molecule has 1 aliphatic heterocycles. The van der Waals surface area contributed by atoms with Crippen molar-refractivity contribution in [2.24, 2.45) is 9.98 Å². The number of thioether (sulfide) groups is 1. The van der Waals surface area contributed by atoms with Crippen molar-refractivity contribution in [1.29, 1.82) is 0 Å². The maximum Gasteiger partial charge on any atom is 0.0856 e. The number of rotatable bonds is 6. The zero-order valence-corrected chi connectivity index (χ0v) is 29.6. The van der Waals surface area contributed by atoms with Gasteiger partial charge >= 0.3 is 0 Å². The minimum atomic E-state index is 0.854. The SMILES string of the molecule is C=N/C(=C1/Sc2ccccc2C1=NC)c1cccc(-c2cccc(-c3cc(-c4ccccc4)cc4c3sc3ccc(-c5ccccc5)cc34)c2)c1. The molecule has 9 rings (SSSR count). The first-order valence-corrected chi connectivity index (χ1v) is 18.6. The van der Waals surface area contributed by atoms with Crippen molar-refractivity contribution in [1.82, 2.24) is 0 Å². The van der Waals surface area contributed by atoms with Gasteiger partial charge in [-0.1, -0.05) is 133 Å². The summed E-state index contributed by atoms with van der Waals surface area (Å²) in [6.07, 6.45) is 0. The fourth-order valence-corrected chi connectivity index (χ4v) is 9.54. The molecule has 0 saturated carbocycles. The van der Waals surface area contributed by atoms with Crippen LogP contribution in [0.4, 0.5) is 0 Å². The van der Waals surface area contributed by atoms with Gasteiger partial charge in [0.2, 0.25) is 0 Å². The number of allylic oxidation sites excluding steroid dienone is 1. The Morgan fingerprint density at radius 3 is 1.90 bits per heavy atom. The van der Waals surface area contributed by atoms with Gasteiger partial charge in [-0.05, 0) is 88.1 Å². The second-order valence-electron chi connectivity index (χ2n) is 12.6. The van der Waals surface area contributed by atoms with Crippen LogP contribution >= 0.6 is 23.1 Å². The van der Waals surface area contributed by atoms with E-state index in [9.17, 15) is 0 Å². The Morgan fingerprint density at radius 2 is 1.14 bits per heavy atom. The molecule has 0 amide bonds. The van der Waals surface area contributed by atoms with Gasteiger partial charge in [0.25, 0.3) is 0 Å². The zero-order valence-electron chi connectivity index (χ0n) is 28.0. The molecule has 8 aromatic rings. The van der Waals surface area contributed by atoms with E-state index in [-0.39, 0.29) is 0 Å². The average Bonchev–Trinajstić information content (AvgIpc) is 3.76. The fourth-order valence-electron chi connectivity index (χ4n) is 7.12. The van der Waals surface area contributed by atoms with Gasteiger partial charge in [0.15, 0.2) is 0 Å². The maximum atomic E-state index is 4.67. The molecule has 0 atom stereocenters. The molecule has 0 N–H and O–H groups in total. The smallest absolute Gasteiger partial charge is 0.0856 e. The van der Waals surface area contributed by atoms with Crippen LogP contribution in [0.25, 0.3) is 70.4 Å². The molecule has 4 heteroatoms. The molecule has 0 fully saturated rings. The Bertz CT molecular complexity index is 2680. The van der Waals surface area contributed by atoms with E-state index in [1.165, 1.54) is 58.4 Å². The fraction of sp³-hybridized carbons (Fsp3) is 0.0213. The summed E-state index contributed by atoms with van der Waals surface area (Å²) in [4.78, 5) is 11.5. The number of thiophene rings is 1. The third kappa shape index (κ3) is 5.63. The number of fused-ring (bicyclic) bond motifs is 4. The van der Waals surface area contributed by atoms with Crippen LogP contribution in [-0.2, 0) is 0 Å². The van der Waals surface area contributed by atoms with Crippen LogP contribution in [0.2, 0.25) is 0 Å². The molecule has 51 heavy (non-hydrogen) atoms. The van der Waals surface area contributed by atoms with E-state index in [0.717, 1.165) is 38.6 Å². The van der Waals surface area contributed by atoms with Gasteiger partial charge in [-0.3, -0.25) is 9.98 Å². The minimum absolute atomic E-state index is 0.854. The highest BCUT2D eigenvalue weighted by Crippen LogP contribution is 2.46. The van der Waals surface area contributed by atoms with Crippen molar-refractivity contribution in [2.45, 2.75) is 4.90 Å². The van der Waals surface area contributed by atoms with Crippen molar-refractivity contribution in [3.63, 3.8) is 0 Å². The standard InChI is InChI=1S/C47H32N2S2/c1-48-44(47-45(49-2)38-21-9-10-22-42(38)51-47)36-20-12-18-33(26-36)32-17-11-19-35(25-32)39-28-37(31-15-7-4-8-16-31)29-41-40-27-34(30-13-5-3-6-14-30)23-24-43(40)50-46(39)41/h3-29H,1H2,2H3/b47-44+,49-45?. The molecule has 1 aliphatic rings. The van der Waals surface area contributed by atoms with E-state index in [4.69, 9.17) is 0 Å². The zero-order chi connectivity index (χ0) is 34.3. The lowest BCUT2D eigenvalue weighted by atomic mass is 9.93. The van der Waals surface area contributed by atoms with Gasteiger partial charge in [-0.2, -0.15) is 0 Å². The van der Waals surface area contributed by atoms with Crippen LogP contribution in [0.5, 0.6) is 0 Å². The highest BCUT2D eigenvalue weighted by atomic mass is 32.2. The second kappa shape index (κ2) is 13.1. The number of nitrogens with zero attached hydrogens (tertiary/aromatic N) is 2. The third-order valence-corrected chi connectivity index (χ3v) is 12.0. The van der Waals surface area contributed by atoms with E-state index in [1.807, 2.05) is 18.4 Å². The van der Waals surface area contributed by atoms with Crippen LogP contribution in [0, 0.1) is 0 Å². The number of hydrogen-bond acceptors (Lipinski definition) is 4. The van der Waals surface area contributed by atoms with E-state index in [1.54, 1.807) is 11.8 Å². The second-order valence-corrected chi connectivity index (χ2v) is 14.7. The molecule has 242 valence electrons. The first-order valence-electron chi connectivity index (χ1n) is 17.0. The largest absolute Gasteiger partial charge is 0.287 e. The molecule has 0 bridgehead atoms. The highest BCUT2D eigenvalue weighted by Gasteiger charge is 2.27. The molecule has 7 aromatic carbocycles. The Labute approximate surface area is 306 Å². The summed E-state index contributed by atoms with van der Waals surface area (Å²) in [6, 6.07) is 59.0. The molecule has 2 nitrogen and oxygen atoms in total. The first-order chi connectivity index (χ1) is 25.2. The Morgan fingerprint density at radius 1 is 0.510 bits per heavy atom. The van der Waals surface area contributed by atoms with Crippen molar-refractivity contribution < 1.29 is 0 Å². The average molecular weight is 689 g/mol. The van der Waals surface area contributed by atoms with Crippen LogP contribution < -0.4 is 0 Å². The lowest BCUT2D eigenvalue weighted by Gasteiger charge is -2.12. The summed E-state index contributed by atoms with van der Waals surface area (Å²) in [7, 11) is 1.85. The predicted octanol–water partition coefficient (Wildman–Crippen LogP) is 13.3. The predicted molar refractivity (Wildman–Crippen MR) is 222 cm³/mol. The first kappa shape index (κ1) is 31.2. The Balaban J connectivity index is 1.18. The van der Waals surface area contributed by atoms with Crippen molar-refractivity contribution in [3.05, 3.63) is 180 Å². The van der Waals surface area contributed by atoms with Crippen LogP contribution in [-0.4, -0.2) is 19.5 Å². The van der Waals surface area contributed by atoms with Crippen LogP contribution in [0.3, 0.4) is 0 Å². The van der Waals surface area contributed by atoms with E-state index >= 15 is 0 Å². The molecule has 0 spiro atoms. The summed E-state index contributed by atoms with van der Waals surface area (Å²) < 4.78 is 2.59. The molecule has 2 heterocycles. The van der Waals surface area contributed by atoms with Gasteiger partial charge in [-0.15, -0.1) is 11.3 Å². The van der Waals surface area contributed by atoms with E-state index in [2.05, 4.69) is 180 Å². The summed E-state index contributed by atoms with van der Waals surface area (Å²) in [6.45, 7) is 4.00. The minimum Gasteiger partial charge on any atom is -0.287 e. The van der Waals surface area contributed by atoms with Gasteiger partial charge < -0.3 is 0 Å². The molecule has 0 unspecified atom stereocenters. The Kier molecular flexibility index (Phi) is 8.04. The third-order valence-electron chi connectivity index (χ3n) is 9.59.